The van der Waals surface area contributed by atoms with Gasteiger partial charge in [0.15, 0.2) is 0 Å². The molecule has 0 bridgehead atoms. The fourth-order valence-electron chi connectivity index (χ4n) is 1.79. The van der Waals surface area contributed by atoms with Gasteiger partial charge >= 0.3 is 0 Å². The second-order valence-corrected chi connectivity index (χ2v) is 5.11. The van der Waals surface area contributed by atoms with Crippen molar-refractivity contribution in [1.29, 1.82) is 0 Å². The summed E-state index contributed by atoms with van der Waals surface area (Å²) in [6, 6.07) is 0. The van der Waals surface area contributed by atoms with Gasteiger partial charge < -0.3 is 4.74 Å². The van der Waals surface area contributed by atoms with E-state index in [1.54, 1.807) is 0 Å². The van der Waals surface area contributed by atoms with Gasteiger partial charge in [0.25, 0.3) is 0 Å². The Kier molecular flexibility index (Phi) is 8.63. The van der Waals surface area contributed by atoms with Crippen LogP contribution in [0, 0.1) is 5.92 Å². The summed E-state index contributed by atoms with van der Waals surface area (Å²) in [6.45, 7) is 12.5. The van der Waals surface area contributed by atoms with Crippen molar-refractivity contribution in [3.8, 4) is 0 Å². The molecule has 0 amide bonds. The first kappa shape index (κ1) is 16.7. The van der Waals surface area contributed by atoms with E-state index in [0.717, 1.165) is 17.9 Å². The van der Waals surface area contributed by atoms with Crippen molar-refractivity contribution in [3.63, 3.8) is 0 Å². The molecule has 0 saturated carbocycles. The lowest BCUT2D eigenvalue weighted by Crippen LogP contribution is -2.26. The summed E-state index contributed by atoms with van der Waals surface area (Å²) < 4.78 is 5.93. The van der Waals surface area contributed by atoms with Crippen LogP contribution in [0.1, 0.15) is 54.4 Å². The second-order valence-electron chi connectivity index (χ2n) is 4.65. The Hall–Kier alpha value is -0.270. The highest BCUT2D eigenvalue weighted by Crippen LogP contribution is 2.29. The molecule has 0 saturated heterocycles. The third-order valence-electron chi connectivity index (χ3n) is 2.47. The third kappa shape index (κ3) is 5.74. The Balaban J connectivity index is 0.00000121. The molecule has 0 aromatic rings. The van der Waals surface area contributed by atoms with Crippen LogP contribution in [-0.4, -0.2) is 12.2 Å². The van der Waals surface area contributed by atoms with E-state index in [1.807, 2.05) is 13.8 Å². The van der Waals surface area contributed by atoms with E-state index in [-0.39, 0.29) is 12.2 Å². The molecule has 2 heteroatoms. The summed E-state index contributed by atoms with van der Waals surface area (Å²) in [6.07, 6.45) is 6.69. The van der Waals surface area contributed by atoms with Crippen molar-refractivity contribution < 1.29 is 4.74 Å². The van der Waals surface area contributed by atoms with E-state index in [0.29, 0.717) is 5.92 Å². The van der Waals surface area contributed by atoms with Crippen LogP contribution >= 0.6 is 11.6 Å². The molecule has 1 unspecified atom stereocenters. The van der Waals surface area contributed by atoms with Crippen LogP contribution in [0.2, 0.25) is 0 Å². The van der Waals surface area contributed by atoms with Gasteiger partial charge in [0.2, 0.25) is 0 Å². The van der Waals surface area contributed by atoms with E-state index < -0.39 is 0 Å². The highest BCUT2D eigenvalue weighted by Gasteiger charge is 2.22. The smallest absolute Gasteiger partial charge is 0.0862 e. The highest BCUT2D eigenvalue weighted by molar-refractivity contribution is 6.30. The number of allylic oxidation sites excluding steroid dienone is 2. The first-order chi connectivity index (χ1) is 8.02. The fraction of sp³-hybridized carbons (Fsp3) is 0.733. The van der Waals surface area contributed by atoms with E-state index in [9.17, 15) is 0 Å². The zero-order valence-corrected chi connectivity index (χ0v) is 12.8. The van der Waals surface area contributed by atoms with Gasteiger partial charge in [0, 0.05) is 5.03 Å². The minimum absolute atomic E-state index is 0.133. The lowest BCUT2D eigenvalue weighted by atomic mass is 9.94. The second kappa shape index (κ2) is 8.77. The van der Waals surface area contributed by atoms with Crippen molar-refractivity contribution in [2.24, 2.45) is 5.92 Å². The number of hydrogen-bond donors (Lipinski definition) is 0. The van der Waals surface area contributed by atoms with Crippen molar-refractivity contribution in [3.05, 3.63) is 22.8 Å². The maximum atomic E-state index is 6.25. The zero-order valence-electron chi connectivity index (χ0n) is 12.1. The molecule has 0 aliphatic heterocycles. The number of rotatable bonds is 4. The van der Waals surface area contributed by atoms with Gasteiger partial charge in [0.05, 0.1) is 12.2 Å². The molecule has 0 spiro atoms. The van der Waals surface area contributed by atoms with Gasteiger partial charge in [0.1, 0.15) is 0 Å². The molecule has 0 aromatic heterocycles. The van der Waals surface area contributed by atoms with Crippen molar-refractivity contribution in [2.45, 2.75) is 66.6 Å². The van der Waals surface area contributed by atoms with E-state index >= 15 is 0 Å². The zero-order chi connectivity index (χ0) is 13.4. The maximum Gasteiger partial charge on any atom is 0.0862 e. The summed E-state index contributed by atoms with van der Waals surface area (Å²) in [5.74, 6) is 0.457. The Morgan fingerprint density at radius 1 is 1.18 bits per heavy atom. The normalized spacial score (nSPS) is 17.2. The van der Waals surface area contributed by atoms with Crippen LogP contribution in [0.3, 0.4) is 0 Å². The first-order valence-corrected chi connectivity index (χ1v) is 7.10. The molecule has 17 heavy (non-hydrogen) atoms. The molecule has 100 valence electrons. The molecule has 0 aromatic carbocycles. The first-order valence-electron chi connectivity index (χ1n) is 6.73. The standard InChI is InChI=1S/C13H21ClO.C2H6/c1-9(2)13(15-10(3)4)11-7-5-6-8-12(11)14;1-2/h5,7,9-10,13H,6,8H2,1-4H3;1-2H3. The summed E-state index contributed by atoms with van der Waals surface area (Å²) >= 11 is 6.25. The Labute approximate surface area is 112 Å². The van der Waals surface area contributed by atoms with Gasteiger partial charge in [-0.15, -0.1) is 0 Å². The fourth-order valence-corrected chi connectivity index (χ4v) is 2.07. The molecule has 1 atom stereocenters. The molecule has 0 radical (unpaired) electrons. The van der Waals surface area contributed by atoms with Crippen LogP contribution in [0.15, 0.2) is 22.8 Å². The van der Waals surface area contributed by atoms with Crippen molar-refractivity contribution >= 4 is 11.6 Å². The largest absolute Gasteiger partial charge is 0.371 e. The molecule has 0 N–H and O–H groups in total. The topological polar surface area (TPSA) is 9.23 Å². The number of hydrogen-bond acceptors (Lipinski definition) is 1. The van der Waals surface area contributed by atoms with Crippen molar-refractivity contribution in [2.75, 3.05) is 0 Å². The Morgan fingerprint density at radius 3 is 2.18 bits per heavy atom. The van der Waals surface area contributed by atoms with Gasteiger partial charge in [-0.05, 0) is 38.2 Å². The summed E-state index contributed by atoms with van der Waals surface area (Å²) in [7, 11) is 0. The summed E-state index contributed by atoms with van der Waals surface area (Å²) in [4.78, 5) is 0. The number of ether oxygens (including phenoxy) is 1. The monoisotopic (exact) mass is 258 g/mol. The van der Waals surface area contributed by atoms with E-state index in [1.165, 1.54) is 5.57 Å². The lowest BCUT2D eigenvalue weighted by molar-refractivity contribution is 0.00553. The minimum atomic E-state index is 0.133. The molecular weight excluding hydrogens is 232 g/mol. The molecular formula is C15H27ClO. The summed E-state index contributed by atoms with van der Waals surface area (Å²) in [5, 5.41) is 0.969. The quantitative estimate of drug-likeness (QED) is 0.664. The SMILES string of the molecule is CC.CC(C)OC(C1=C(Cl)CCC=C1)C(C)C. The van der Waals surface area contributed by atoms with Gasteiger partial charge in [-0.2, -0.15) is 0 Å². The Morgan fingerprint density at radius 2 is 1.76 bits per heavy atom. The average molecular weight is 259 g/mol. The van der Waals surface area contributed by atoms with Gasteiger partial charge in [-0.1, -0.05) is 51.4 Å². The van der Waals surface area contributed by atoms with E-state index in [2.05, 4.69) is 39.8 Å². The van der Waals surface area contributed by atoms with Crippen LogP contribution in [-0.2, 0) is 4.74 Å². The predicted molar refractivity (Wildman–Crippen MR) is 77.4 cm³/mol. The van der Waals surface area contributed by atoms with Gasteiger partial charge in [-0.25, -0.2) is 0 Å². The lowest BCUT2D eigenvalue weighted by Gasteiger charge is -2.27. The third-order valence-corrected chi connectivity index (χ3v) is 2.88. The van der Waals surface area contributed by atoms with Gasteiger partial charge in [-0.3, -0.25) is 0 Å². The molecule has 1 nitrogen and oxygen atoms in total. The van der Waals surface area contributed by atoms with Crippen LogP contribution in [0.25, 0.3) is 0 Å². The van der Waals surface area contributed by atoms with Crippen LogP contribution in [0.5, 0.6) is 0 Å². The van der Waals surface area contributed by atoms with Crippen molar-refractivity contribution in [1.82, 2.24) is 0 Å². The molecule has 0 fully saturated rings. The average Bonchev–Trinajstić information content (AvgIpc) is 2.29. The predicted octanol–water partition coefficient (Wildman–Crippen LogP) is 5.31. The van der Waals surface area contributed by atoms with Crippen LogP contribution in [0.4, 0.5) is 0 Å². The Bertz CT molecular complexity index is 264. The maximum absolute atomic E-state index is 6.25. The molecule has 1 aliphatic carbocycles. The molecule has 1 rings (SSSR count). The molecule has 0 heterocycles. The highest BCUT2D eigenvalue weighted by atomic mass is 35.5. The van der Waals surface area contributed by atoms with E-state index in [4.69, 9.17) is 16.3 Å². The minimum Gasteiger partial charge on any atom is -0.371 e. The molecule has 1 aliphatic rings. The number of halogens is 1. The summed E-state index contributed by atoms with van der Waals surface area (Å²) in [5.41, 5.74) is 1.17. The van der Waals surface area contributed by atoms with Crippen LogP contribution < -0.4 is 0 Å².